The van der Waals surface area contributed by atoms with Crippen LogP contribution < -0.4 is 5.32 Å². The lowest BCUT2D eigenvalue weighted by molar-refractivity contribution is -0.120. The summed E-state index contributed by atoms with van der Waals surface area (Å²) in [6, 6.07) is 18.5. The molecule has 1 N–H and O–H groups in total. The smallest absolute Gasteiger partial charge is 0.235 e. The third-order valence-electron chi connectivity index (χ3n) is 4.08. The van der Waals surface area contributed by atoms with E-state index in [4.69, 9.17) is 0 Å². The molecule has 3 atom stereocenters. The minimum Gasteiger partial charge on any atom is -0.339 e. The largest absolute Gasteiger partial charge is 0.339 e. The lowest BCUT2D eigenvalue weighted by Gasteiger charge is -2.16. The second-order valence-electron chi connectivity index (χ2n) is 5.37. The van der Waals surface area contributed by atoms with Crippen molar-refractivity contribution in [3.8, 4) is 0 Å². The van der Waals surface area contributed by atoms with Crippen LogP contribution in [0.25, 0.3) is 6.08 Å². The summed E-state index contributed by atoms with van der Waals surface area (Å²) in [6.45, 7) is 0. The van der Waals surface area contributed by atoms with Crippen LogP contribution in [0.2, 0.25) is 0 Å². The molecule has 3 heteroatoms. The predicted molar refractivity (Wildman–Crippen MR) is 86.9 cm³/mol. The van der Waals surface area contributed by atoms with Crippen molar-refractivity contribution in [2.45, 2.75) is 16.5 Å². The van der Waals surface area contributed by atoms with Crippen LogP contribution >= 0.6 is 11.8 Å². The van der Waals surface area contributed by atoms with Gasteiger partial charge in [0.1, 0.15) is 5.37 Å². The Morgan fingerprint density at radius 2 is 1.76 bits per heavy atom. The second kappa shape index (κ2) is 5.08. The predicted octanol–water partition coefficient (Wildman–Crippen LogP) is 3.73. The van der Waals surface area contributed by atoms with Crippen molar-refractivity contribution in [3.05, 3.63) is 77.4 Å². The Labute approximate surface area is 128 Å². The summed E-state index contributed by atoms with van der Waals surface area (Å²) in [5.74, 6) is 0.320. The Morgan fingerprint density at radius 3 is 2.62 bits per heavy atom. The van der Waals surface area contributed by atoms with Crippen LogP contribution in [0.4, 0.5) is 0 Å². The molecule has 0 saturated carbocycles. The fraction of sp³-hybridized carbons (Fsp3) is 0.167. The lowest BCUT2D eigenvalue weighted by atomic mass is 10.2. The molecule has 1 amide bonds. The van der Waals surface area contributed by atoms with Crippen molar-refractivity contribution in [1.29, 1.82) is 0 Å². The molecule has 4 rings (SSSR count). The number of benzene rings is 2. The summed E-state index contributed by atoms with van der Waals surface area (Å²) >= 11 is 1.72. The molecule has 21 heavy (non-hydrogen) atoms. The highest BCUT2D eigenvalue weighted by Gasteiger charge is 2.40. The monoisotopic (exact) mass is 295 g/mol. The first kappa shape index (κ1) is 12.7. The standard InChI is InChI=1S/C18H15NOS/c20-17-16(15-11-10-12-6-4-5-9-14(12)15)21-18(19-17)13-7-2-1-3-8-13/h1-11,15-16,18H,(H,19,20)/i15+2. The number of hydrogen-bond acceptors (Lipinski definition) is 2. The Kier molecular flexibility index (Phi) is 3.08. The number of rotatable bonds is 2. The van der Waals surface area contributed by atoms with Crippen molar-refractivity contribution in [2.24, 2.45) is 0 Å². The van der Waals surface area contributed by atoms with Gasteiger partial charge in [0.05, 0.1) is 5.25 Å². The van der Waals surface area contributed by atoms with E-state index >= 15 is 0 Å². The van der Waals surface area contributed by atoms with E-state index < -0.39 is 0 Å². The quantitative estimate of drug-likeness (QED) is 0.914. The topological polar surface area (TPSA) is 29.1 Å². The average Bonchev–Trinajstić information content (AvgIpc) is 3.11. The molecule has 1 aliphatic carbocycles. The number of carbonyl (C=O) groups is 1. The van der Waals surface area contributed by atoms with Gasteiger partial charge >= 0.3 is 0 Å². The van der Waals surface area contributed by atoms with Crippen LogP contribution in [0.3, 0.4) is 0 Å². The number of hydrogen-bond donors (Lipinski definition) is 1. The van der Waals surface area contributed by atoms with Gasteiger partial charge in [0, 0.05) is 5.92 Å². The van der Waals surface area contributed by atoms with Crippen molar-refractivity contribution < 1.29 is 4.79 Å². The Hall–Kier alpha value is -2.00. The molecule has 2 aromatic carbocycles. The fourth-order valence-corrected chi connectivity index (χ4v) is 4.42. The molecule has 1 fully saturated rings. The highest BCUT2D eigenvalue weighted by molar-refractivity contribution is 8.01. The third kappa shape index (κ3) is 2.18. The first-order valence-electron chi connectivity index (χ1n) is 7.11. The molecule has 1 aliphatic heterocycles. The number of carbonyl (C=O) groups excluding carboxylic acids is 1. The summed E-state index contributed by atoms with van der Waals surface area (Å²) in [4.78, 5) is 12.4. The minimum absolute atomic E-state index is 0.0462. The molecule has 104 valence electrons. The van der Waals surface area contributed by atoms with Crippen molar-refractivity contribution in [2.75, 3.05) is 0 Å². The summed E-state index contributed by atoms with van der Waals surface area (Å²) in [5, 5.41) is 3.13. The second-order valence-corrected chi connectivity index (χ2v) is 6.62. The van der Waals surface area contributed by atoms with Crippen molar-refractivity contribution >= 4 is 23.7 Å². The van der Waals surface area contributed by atoms with Gasteiger partial charge in [0.2, 0.25) is 5.91 Å². The molecule has 2 aliphatic rings. The third-order valence-corrected chi connectivity index (χ3v) is 5.54. The molecule has 1 heterocycles. The Balaban J connectivity index is 1.61. The fourth-order valence-electron chi connectivity index (χ4n) is 3.03. The Bertz CT molecular complexity index is 710. The zero-order chi connectivity index (χ0) is 14.2. The first-order chi connectivity index (χ1) is 10.3. The van der Waals surface area contributed by atoms with E-state index in [1.807, 2.05) is 30.3 Å². The Morgan fingerprint density at radius 1 is 1.00 bits per heavy atom. The maximum atomic E-state index is 12.4. The number of nitrogens with one attached hydrogen (secondary N) is 1. The van der Waals surface area contributed by atoms with Crippen molar-refractivity contribution in [1.82, 2.24) is 5.32 Å². The highest BCUT2D eigenvalue weighted by atomic mass is 32.2. The van der Waals surface area contributed by atoms with Crippen LogP contribution in [0, 0.1) is 0 Å². The maximum Gasteiger partial charge on any atom is 0.235 e. The average molecular weight is 295 g/mol. The molecule has 1 saturated heterocycles. The van der Waals surface area contributed by atoms with Gasteiger partial charge < -0.3 is 5.32 Å². The van der Waals surface area contributed by atoms with Crippen LogP contribution in [0.5, 0.6) is 0 Å². The van der Waals surface area contributed by atoms with Gasteiger partial charge in [-0.15, -0.1) is 11.8 Å². The van der Waals surface area contributed by atoms with Gasteiger partial charge in [-0.1, -0.05) is 66.7 Å². The van der Waals surface area contributed by atoms with E-state index in [1.165, 1.54) is 11.1 Å². The van der Waals surface area contributed by atoms with E-state index in [0.717, 1.165) is 5.56 Å². The van der Waals surface area contributed by atoms with Gasteiger partial charge in [-0.25, -0.2) is 0 Å². The maximum absolute atomic E-state index is 12.4. The van der Waals surface area contributed by atoms with Gasteiger partial charge in [-0.3, -0.25) is 4.79 Å². The number of thioether (sulfide) groups is 1. The molecule has 0 bridgehead atoms. The molecule has 2 aromatic rings. The van der Waals surface area contributed by atoms with Crippen LogP contribution in [0.1, 0.15) is 28.0 Å². The minimum atomic E-state index is -0.0462. The molecule has 0 spiro atoms. The normalized spacial score (nSPS) is 26.7. The summed E-state index contributed by atoms with van der Waals surface area (Å²) < 4.78 is 0. The van der Waals surface area contributed by atoms with Gasteiger partial charge in [0.15, 0.2) is 0 Å². The van der Waals surface area contributed by atoms with Crippen LogP contribution in [0.15, 0.2) is 60.7 Å². The van der Waals surface area contributed by atoms with Gasteiger partial charge in [-0.05, 0) is 16.7 Å². The molecule has 2 nitrogen and oxygen atoms in total. The molecular weight excluding hydrogens is 280 g/mol. The number of fused-ring (bicyclic) bond motifs is 1. The van der Waals surface area contributed by atoms with E-state index in [2.05, 4.69) is 41.7 Å². The summed E-state index contributed by atoms with van der Waals surface area (Å²) in [7, 11) is 0. The first-order valence-corrected chi connectivity index (χ1v) is 8.05. The van der Waals surface area contributed by atoms with Gasteiger partial charge in [0.25, 0.3) is 0 Å². The highest BCUT2D eigenvalue weighted by Crippen LogP contribution is 2.45. The molecule has 3 unspecified atom stereocenters. The lowest BCUT2D eigenvalue weighted by Crippen LogP contribution is -2.27. The zero-order valence-electron chi connectivity index (χ0n) is 11.4. The van der Waals surface area contributed by atoms with Crippen LogP contribution in [-0.2, 0) is 4.79 Å². The van der Waals surface area contributed by atoms with E-state index in [0.29, 0.717) is 0 Å². The summed E-state index contributed by atoms with van der Waals surface area (Å²) in [5.41, 5.74) is 3.66. The van der Waals surface area contributed by atoms with E-state index in [1.54, 1.807) is 11.8 Å². The molecule has 0 radical (unpaired) electrons. The zero-order valence-corrected chi connectivity index (χ0v) is 12.2. The van der Waals surface area contributed by atoms with Crippen molar-refractivity contribution in [3.63, 3.8) is 0 Å². The van der Waals surface area contributed by atoms with Gasteiger partial charge in [-0.2, -0.15) is 0 Å². The van der Waals surface area contributed by atoms with E-state index in [9.17, 15) is 4.79 Å². The number of amides is 1. The number of allylic oxidation sites excluding steroid dienone is 1. The molecular formula is C18H15NOS. The van der Waals surface area contributed by atoms with E-state index in [-0.39, 0.29) is 22.4 Å². The summed E-state index contributed by atoms with van der Waals surface area (Å²) in [6.07, 6.45) is 4.29. The SMILES string of the molecule is O=C1NC(c2ccccc2)SC1[14CH]1C=Cc2ccccc21. The molecule has 0 aromatic heterocycles. The van der Waals surface area contributed by atoms with Crippen LogP contribution in [-0.4, -0.2) is 11.2 Å².